The molecule has 2 bridgehead atoms. The molecule has 3 nitrogen and oxygen atoms in total. The first-order chi connectivity index (χ1) is 8.09. The SMILES string of the molecule is CC1(C)c2cc(C#N)ccc2[N+]23C=[C-]N(C2)C13.[Y].[Y]. The summed E-state index contributed by atoms with van der Waals surface area (Å²) in [6, 6.07) is 8.35. The Morgan fingerprint density at radius 1 is 1.42 bits per heavy atom. The van der Waals surface area contributed by atoms with E-state index in [2.05, 4.69) is 49.3 Å². The molecule has 0 N–H and O–H groups in total. The van der Waals surface area contributed by atoms with Gasteiger partial charge in [-0.1, -0.05) is 6.20 Å². The molecular formula is C14H13N3Y2. The van der Waals surface area contributed by atoms with Crippen molar-refractivity contribution in [3.05, 3.63) is 41.7 Å². The molecule has 1 fully saturated rings. The van der Waals surface area contributed by atoms with E-state index in [0.717, 1.165) is 16.7 Å². The minimum atomic E-state index is 0. The Hall–Kier alpha value is 0.418. The standard InChI is InChI=1S/C14H13N3.2Y/c1-14(2)11-7-10(8-15)3-4-12(11)17-6-5-16(9-17)13(14)17;;/h3-4,6-7,13H,9H2,1-2H3;;. The molecule has 4 aliphatic rings. The Bertz CT molecular complexity index is 618. The molecule has 5 heteroatoms. The van der Waals surface area contributed by atoms with Crippen LogP contribution in [0.1, 0.15) is 25.0 Å². The summed E-state index contributed by atoms with van der Waals surface area (Å²) in [6.45, 7) is 5.54. The molecule has 90 valence electrons. The van der Waals surface area contributed by atoms with Crippen molar-refractivity contribution in [2.24, 2.45) is 0 Å². The maximum atomic E-state index is 9.03. The molecule has 1 spiro atoms. The fourth-order valence-corrected chi connectivity index (χ4v) is 3.83. The molecule has 19 heavy (non-hydrogen) atoms. The predicted octanol–water partition coefficient (Wildman–Crippen LogP) is 2.04. The quantitative estimate of drug-likeness (QED) is 0.492. The average Bonchev–Trinajstić information content (AvgIpc) is 2.89. The van der Waals surface area contributed by atoms with Gasteiger partial charge in [-0.25, -0.2) is 0 Å². The maximum Gasteiger partial charge on any atom is 0.156 e. The van der Waals surface area contributed by atoms with Crippen LogP contribution in [0.3, 0.4) is 0 Å². The predicted molar refractivity (Wildman–Crippen MR) is 64.3 cm³/mol. The number of hydrogen-bond donors (Lipinski definition) is 0. The summed E-state index contributed by atoms with van der Waals surface area (Å²) in [5, 5.41) is 9.03. The van der Waals surface area contributed by atoms with E-state index in [1.54, 1.807) is 0 Å². The molecule has 2 unspecified atom stereocenters. The molecule has 2 radical (unpaired) electrons. The number of benzene rings is 1. The normalized spacial score (nSPS) is 30.4. The molecule has 5 rings (SSSR count). The minimum Gasteiger partial charge on any atom is -0.455 e. The number of fused-ring (bicyclic) bond motifs is 1. The largest absolute Gasteiger partial charge is 0.455 e. The molecule has 0 saturated carbocycles. The number of rotatable bonds is 0. The van der Waals surface area contributed by atoms with Gasteiger partial charge in [-0.15, -0.1) is 0 Å². The van der Waals surface area contributed by atoms with Crippen molar-refractivity contribution in [3.63, 3.8) is 0 Å². The van der Waals surface area contributed by atoms with Crippen LogP contribution in [0, 0.1) is 17.5 Å². The van der Waals surface area contributed by atoms with Crippen LogP contribution >= 0.6 is 0 Å². The van der Waals surface area contributed by atoms with E-state index in [1.165, 1.54) is 11.3 Å². The molecule has 0 aliphatic carbocycles. The van der Waals surface area contributed by atoms with Crippen LogP contribution in [0.5, 0.6) is 0 Å². The van der Waals surface area contributed by atoms with Crippen LogP contribution in [0.2, 0.25) is 0 Å². The van der Waals surface area contributed by atoms with Crippen molar-refractivity contribution >= 4 is 5.69 Å². The molecule has 1 aromatic carbocycles. The van der Waals surface area contributed by atoms with Gasteiger partial charge in [0.15, 0.2) is 6.17 Å². The van der Waals surface area contributed by atoms with Gasteiger partial charge in [0.2, 0.25) is 0 Å². The molecule has 2 atom stereocenters. The minimum absolute atomic E-state index is 0. The van der Waals surface area contributed by atoms with E-state index in [9.17, 15) is 0 Å². The molecular weight excluding hydrogens is 388 g/mol. The first-order valence-corrected chi connectivity index (χ1v) is 5.89. The molecule has 0 amide bonds. The van der Waals surface area contributed by atoms with E-state index in [-0.39, 0.29) is 70.8 Å². The molecule has 1 saturated heterocycles. The topological polar surface area (TPSA) is 27.0 Å². The number of nitriles is 1. The third-order valence-corrected chi connectivity index (χ3v) is 4.49. The van der Waals surface area contributed by atoms with Crippen molar-refractivity contribution in [2.45, 2.75) is 25.4 Å². The first kappa shape index (κ1) is 15.8. The van der Waals surface area contributed by atoms with Gasteiger partial charge in [-0.3, -0.25) is 4.48 Å². The van der Waals surface area contributed by atoms with Crippen LogP contribution in [0.25, 0.3) is 0 Å². The molecule has 0 aromatic heterocycles. The Kier molecular flexibility index (Phi) is 3.92. The van der Waals surface area contributed by atoms with Gasteiger partial charge in [0.25, 0.3) is 0 Å². The van der Waals surface area contributed by atoms with E-state index in [1.807, 2.05) is 6.07 Å². The van der Waals surface area contributed by atoms with Crippen LogP contribution in [0.15, 0.2) is 24.4 Å². The molecule has 4 heterocycles. The van der Waals surface area contributed by atoms with Crippen molar-refractivity contribution in [3.8, 4) is 6.07 Å². The second kappa shape index (κ2) is 4.72. The van der Waals surface area contributed by atoms with Crippen molar-refractivity contribution in [1.82, 2.24) is 9.38 Å². The zero-order valence-electron chi connectivity index (χ0n) is 11.1. The summed E-state index contributed by atoms with van der Waals surface area (Å²) in [5.41, 5.74) is 3.51. The summed E-state index contributed by atoms with van der Waals surface area (Å²) in [6.07, 6.45) is 5.95. The summed E-state index contributed by atoms with van der Waals surface area (Å²) < 4.78 is 0.911. The molecule has 4 aliphatic heterocycles. The van der Waals surface area contributed by atoms with Gasteiger partial charge in [-0.2, -0.15) is 5.26 Å². The van der Waals surface area contributed by atoms with E-state index >= 15 is 0 Å². The van der Waals surface area contributed by atoms with Gasteiger partial charge in [0.1, 0.15) is 12.4 Å². The van der Waals surface area contributed by atoms with Crippen LogP contribution in [0.4, 0.5) is 5.69 Å². The van der Waals surface area contributed by atoms with E-state index in [0.29, 0.717) is 6.17 Å². The number of hydrogen-bond acceptors (Lipinski definition) is 2. The first-order valence-electron chi connectivity index (χ1n) is 5.89. The average molecular weight is 401 g/mol. The fraction of sp³-hybridized carbons (Fsp3) is 0.357. The van der Waals surface area contributed by atoms with Gasteiger partial charge in [0, 0.05) is 77.0 Å². The Labute approximate surface area is 164 Å². The van der Waals surface area contributed by atoms with E-state index in [4.69, 9.17) is 5.26 Å². The maximum absolute atomic E-state index is 9.03. The summed E-state index contributed by atoms with van der Waals surface area (Å²) in [7, 11) is 0. The summed E-state index contributed by atoms with van der Waals surface area (Å²) in [5.74, 6) is 0. The third kappa shape index (κ3) is 1.68. The second-order valence-corrected chi connectivity index (χ2v) is 5.74. The van der Waals surface area contributed by atoms with Gasteiger partial charge < -0.3 is 11.1 Å². The third-order valence-electron chi connectivity index (χ3n) is 4.49. The van der Waals surface area contributed by atoms with Crippen molar-refractivity contribution in [2.75, 3.05) is 6.67 Å². The Morgan fingerprint density at radius 2 is 2.16 bits per heavy atom. The Balaban J connectivity index is 0.000000667. The van der Waals surface area contributed by atoms with Crippen LogP contribution in [-0.4, -0.2) is 17.7 Å². The Morgan fingerprint density at radius 3 is 2.79 bits per heavy atom. The van der Waals surface area contributed by atoms with Gasteiger partial charge >= 0.3 is 0 Å². The number of quaternary nitrogens is 1. The fourth-order valence-electron chi connectivity index (χ4n) is 3.83. The van der Waals surface area contributed by atoms with Crippen molar-refractivity contribution < 1.29 is 65.4 Å². The van der Waals surface area contributed by atoms with Crippen LogP contribution in [-0.2, 0) is 70.8 Å². The van der Waals surface area contributed by atoms with Crippen LogP contribution < -0.4 is 4.48 Å². The molecule has 1 aromatic rings. The smallest absolute Gasteiger partial charge is 0.156 e. The van der Waals surface area contributed by atoms with Gasteiger partial charge in [0.05, 0.1) is 17.0 Å². The number of nitrogens with zero attached hydrogens (tertiary/aromatic N) is 3. The summed E-state index contributed by atoms with van der Waals surface area (Å²) >= 11 is 0. The second-order valence-electron chi connectivity index (χ2n) is 5.74. The van der Waals surface area contributed by atoms with Gasteiger partial charge in [-0.05, 0) is 26.0 Å². The summed E-state index contributed by atoms with van der Waals surface area (Å²) in [4.78, 5) is 2.28. The zero-order chi connectivity index (χ0) is 11.8. The monoisotopic (exact) mass is 401 g/mol. The van der Waals surface area contributed by atoms with E-state index < -0.39 is 0 Å². The zero-order valence-corrected chi connectivity index (χ0v) is 16.8. The van der Waals surface area contributed by atoms with Crippen molar-refractivity contribution in [1.29, 1.82) is 5.26 Å².